The van der Waals surface area contributed by atoms with Crippen LogP contribution in [0.15, 0.2) is 23.3 Å². The first-order valence-electron chi connectivity index (χ1n) is 5.51. The van der Waals surface area contributed by atoms with Crippen LogP contribution in [-0.4, -0.2) is 24.0 Å². The maximum Gasteiger partial charge on any atom is 0.0628 e. The Morgan fingerprint density at radius 2 is 2.19 bits per heavy atom. The van der Waals surface area contributed by atoms with Crippen LogP contribution in [0.1, 0.15) is 16.7 Å². The van der Waals surface area contributed by atoms with Crippen molar-refractivity contribution in [3.05, 3.63) is 45.3 Å². The Hall–Kier alpha value is -1.51. The maximum atomic E-state index is 8.29. The molecular weight excluding hydrogens is 200 g/mol. The van der Waals surface area contributed by atoms with Crippen molar-refractivity contribution in [1.29, 1.82) is 0 Å². The Kier molecular flexibility index (Phi) is 3.13. The molecule has 16 heavy (non-hydrogen) atoms. The summed E-state index contributed by atoms with van der Waals surface area (Å²) in [5.74, 6) is 0. The zero-order valence-corrected chi connectivity index (χ0v) is 9.72. The fourth-order valence-corrected chi connectivity index (χ4v) is 2.08. The van der Waals surface area contributed by atoms with Gasteiger partial charge in [0.2, 0.25) is 0 Å². The van der Waals surface area contributed by atoms with E-state index in [-0.39, 0.29) is 6.04 Å². The summed E-state index contributed by atoms with van der Waals surface area (Å²) in [5.41, 5.74) is 12.3. The van der Waals surface area contributed by atoms with Crippen molar-refractivity contribution in [2.24, 2.45) is 5.11 Å². The van der Waals surface area contributed by atoms with Gasteiger partial charge in [-0.15, -0.1) is 0 Å². The minimum Gasteiger partial charge on any atom is -0.298 e. The van der Waals surface area contributed by atoms with Gasteiger partial charge in [0.1, 0.15) is 0 Å². The number of nitrogens with zero attached hydrogens (tertiary/aromatic N) is 4. The molecule has 4 heteroatoms. The van der Waals surface area contributed by atoms with Gasteiger partial charge in [-0.3, -0.25) is 4.90 Å². The van der Waals surface area contributed by atoms with Gasteiger partial charge in [0.05, 0.1) is 6.04 Å². The number of benzene rings is 1. The van der Waals surface area contributed by atoms with Gasteiger partial charge in [-0.25, -0.2) is 0 Å². The first kappa shape index (κ1) is 11.0. The van der Waals surface area contributed by atoms with Gasteiger partial charge in [-0.1, -0.05) is 28.9 Å². The summed E-state index contributed by atoms with van der Waals surface area (Å²) in [6, 6.07) is 6.72. The number of rotatable bonds is 3. The van der Waals surface area contributed by atoms with Crippen LogP contribution in [0.25, 0.3) is 10.4 Å². The van der Waals surface area contributed by atoms with Crippen molar-refractivity contribution in [2.45, 2.75) is 26.4 Å². The van der Waals surface area contributed by atoms with E-state index in [4.69, 9.17) is 5.53 Å². The lowest BCUT2D eigenvalue weighted by Gasteiger charge is -2.36. The van der Waals surface area contributed by atoms with E-state index in [1.165, 1.54) is 16.7 Å². The Balaban J connectivity index is 1.94. The molecule has 0 spiro atoms. The van der Waals surface area contributed by atoms with Crippen LogP contribution >= 0.6 is 0 Å². The number of hydrogen-bond acceptors (Lipinski definition) is 2. The van der Waals surface area contributed by atoms with Gasteiger partial charge >= 0.3 is 0 Å². The highest BCUT2D eigenvalue weighted by Gasteiger charge is 2.25. The number of azide groups is 1. The second kappa shape index (κ2) is 4.56. The summed E-state index contributed by atoms with van der Waals surface area (Å²) >= 11 is 0. The van der Waals surface area contributed by atoms with Crippen LogP contribution in [0, 0.1) is 13.8 Å². The SMILES string of the molecule is Cc1ccc(CN2CC(N=[N+]=[N-])C2)c(C)c1. The molecule has 1 aliphatic rings. The molecule has 0 aliphatic carbocycles. The predicted molar refractivity (Wildman–Crippen MR) is 64.1 cm³/mol. The second-order valence-corrected chi connectivity index (χ2v) is 4.48. The van der Waals surface area contributed by atoms with Crippen LogP contribution in [0.3, 0.4) is 0 Å². The zero-order chi connectivity index (χ0) is 11.5. The minimum absolute atomic E-state index is 0.177. The van der Waals surface area contributed by atoms with Crippen molar-refractivity contribution in [3.63, 3.8) is 0 Å². The minimum atomic E-state index is 0.177. The largest absolute Gasteiger partial charge is 0.298 e. The second-order valence-electron chi connectivity index (χ2n) is 4.48. The van der Waals surface area contributed by atoms with Gasteiger partial charge in [0, 0.05) is 24.5 Å². The van der Waals surface area contributed by atoms with Crippen molar-refractivity contribution in [1.82, 2.24) is 4.90 Å². The third-order valence-electron chi connectivity index (χ3n) is 3.04. The molecule has 0 radical (unpaired) electrons. The topological polar surface area (TPSA) is 52.0 Å². The number of likely N-dealkylation sites (tertiary alicyclic amines) is 1. The third-order valence-corrected chi connectivity index (χ3v) is 3.04. The molecule has 0 N–H and O–H groups in total. The van der Waals surface area contributed by atoms with E-state index in [0.29, 0.717) is 0 Å². The van der Waals surface area contributed by atoms with E-state index >= 15 is 0 Å². The van der Waals surface area contributed by atoms with Crippen molar-refractivity contribution in [3.8, 4) is 0 Å². The average molecular weight is 216 g/mol. The first-order valence-corrected chi connectivity index (χ1v) is 5.51. The van der Waals surface area contributed by atoms with E-state index < -0.39 is 0 Å². The molecular formula is C12H16N4. The molecule has 1 aliphatic heterocycles. The van der Waals surface area contributed by atoms with Gasteiger partial charge < -0.3 is 0 Å². The third kappa shape index (κ3) is 2.35. The monoisotopic (exact) mass is 216 g/mol. The molecule has 1 fully saturated rings. The Morgan fingerprint density at radius 3 is 2.81 bits per heavy atom. The maximum absolute atomic E-state index is 8.29. The molecule has 2 rings (SSSR count). The van der Waals surface area contributed by atoms with E-state index in [1.807, 2.05) is 0 Å². The summed E-state index contributed by atoms with van der Waals surface area (Å²) in [6.45, 7) is 6.99. The standard InChI is InChI=1S/C12H16N4/c1-9-3-4-11(10(2)5-9)6-16-7-12(8-16)14-15-13/h3-5,12H,6-8H2,1-2H3. The van der Waals surface area contributed by atoms with Crippen LogP contribution in [0.5, 0.6) is 0 Å². The molecule has 84 valence electrons. The quantitative estimate of drug-likeness (QED) is 0.435. The van der Waals surface area contributed by atoms with Crippen LogP contribution in [-0.2, 0) is 6.54 Å². The molecule has 0 unspecified atom stereocenters. The Morgan fingerprint density at radius 1 is 1.44 bits per heavy atom. The molecule has 4 nitrogen and oxygen atoms in total. The predicted octanol–water partition coefficient (Wildman–Crippen LogP) is 2.80. The Bertz CT molecular complexity index is 429. The van der Waals surface area contributed by atoms with E-state index in [0.717, 1.165) is 19.6 Å². The molecule has 0 atom stereocenters. The normalized spacial score (nSPS) is 16.6. The van der Waals surface area contributed by atoms with Crippen LogP contribution < -0.4 is 0 Å². The van der Waals surface area contributed by atoms with Gasteiger partial charge in [0.15, 0.2) is 0 Å². The first-order chi connectivity index (χ1) is 7.69. The average Bonchev–Trinajstić information content (AvgIpc) is 2.18. The summed E-state index contributed by atoms with van der Waals surface area (Å²) in [7, 11) is 0. The van der Waals surface area contributed by atoms with Crippen LogP contribution in [0.2, 0.25) is 0 Å². The van der Waals surface area contributed by atoms with E-state index in [1.54, 1.807) is 0 Å². The molecule has 1 aromatic carbocycles. The fourth-order valence-electron chi connectivity index (χ4n) is 2.08. The molecule has 0 aromatic heterocycles. The zero-order valence-electron chi connectivity index (χ0n) is 9.72. The van der Waals surface area contributed by atoms with Crippen molar-refractivity contribution >= 4 is 0 Å². The summed E-state index contributed by atoms with van der Waals surface area (Å²) in [4.78, 5) is 5.13. The van der Waals surface area contributed by atoms with E-state index in [2.05, 4.69) is 47.0 Å². The summed E-state index contributed by atoms with van der Waals surface area (Å²) < 4.78 is 0. The van der Waals surface area contributed by atoms with Crippen molar-refractivity contribution in [2.75, 3.05) is 13.1 Å². The van der Waals surface area contributed by atoms with E-state index in [9.17, 15) is 0 Å². The number of aryl methyl sites for hydroxylation is 2. The highest BCUT2D eigenvalue weighted by molar-refractivity contribution is 5.30. The van der Waals surface area contributed by atoms with Crippen molar-refractivity contribution < 1.29 is 0 Å². The number of hydrogen-bond donors (Lipinski definition) is 0. The lowest BCUT2D eigenvalue weighted by atomic mass is 10.0. The summed E-state index contributed by atoms with van der Waals surface area (Å²) in [5, 5.41) is 3.70. The van der Waals surface area contributed by atoms with Crippen LogP contribution in [0.4, 0.5) is 0 Å². The smallest absolute Gasteiger partial charge is 0.0628 e. The highest BCUT2D eigenvalue weighted by atomic mass is 15.3. The molecule has 1 heterocycles. The molecule has 1 aromatic rings. The van der Waals surface area contributed by atoms with Gasteiger partial charge in [-0.05, 0) is 30.5 Å². The van der Waals surface area contributed by atoms with Gasteiger partial charge in [0.25, 0.3) is 0 Å². The Labute approximate surface area is 95.5 Å². The lowest BCUT2D eigenvalue weighted by Crippen LogP contribution is -2.48. The fraction of sp³-hybridized carbons (Fsp3) is 0.500. The molecule has 1 saturated heterocycles. The summed E-state index contributed by atoms with van der Waals surface area (Å²) in [6.07, 6.45) is 0. The molecule has 0 saturated carbocycles. The lowest BCUT2D eigenvalue weighted by molar-refractivity contribution is 0.142. The van der Waals surface area contributed by atoms with Gasteiger partial charge in [-0.2, -0.15) is 0 Å². The molecule has 0 bridgehead atoms. The molecule has 0 amide bonds. The highest BCUT2D eigenvalue weighted by Crippen LogP contribution is 2.18.